The smallest absolute Gasteiger partial charge is 0.258 e. The molecule has 2 aromatic rings. The summed E-state index contributed by atoms with van der Waals surface area (Å²) in [6.07, 6.45) is 2.61. The van der Waals surface area contributed by atoms with Gasteiger partial charge in [-0.25, -0.2) is 13.8 Å². The number of hydrogen-bond donors (Lipinski definition) is 1. The Morgan fingerprint density at radius 3 is 2.52 bits per heavy atom. The van der Waals surface area contributed by atoms with Crippen LogP contribution in [0.25, 0.3) is 0 Å². The molecule has 1 heterocycles. The van der Waals surface area contributed by atoms with Gasteiger partial charge in [0.05, 0.1) is 11.1 Å². The molecule has 1 amide bonds. The Kier molecular flexibility index (Phi) is 5.94. The van der Waals surface area contributed by atoms with E-state index in [1.165, 1.54) is 34.8 Å². The van der Waals surface area contributed by atoms with Gasteiger partial charge in [-0.3, -0.25) is 4.79 Å². The topological polar surface area (TPSA) is 78.8 Å². The van der Waals surface area contributed by atoms with Crippen LogP contribution >= 0.6 is 11.6 Å². The minimum Gasteiger partial charge on any atom is -0.271 e. The van der Waals surface area contributed by atoms with Crippen LogP contribution in [0.15, 0.2) is 58.5 Å². The van der Waals surface area contributed by atoms with Crippen molar-refractivity contribution in [3.63, 3.8) is 0 Å². The molecule has 3 rings (SSSR count). The molecular weight excluding hydrogens is 386 g/mol. The van der Waals surface area contributed by atoms with Gasteiger partial charge in [0.15, 0.2) is 0 Å². The molecule has 1 aliphatic heterocycles. The predicted molar refractivity (Wildman–Crippen MR) is 105 cm³/mol. The first kappa shape index (κ1) is 19.5. The van der Waals surface area contributed by atoms with E-state index in [1.807, 2.05) is 31.2 Å². The van der Waals surface area contributed by atoms with Crippen LogP contribution in [0, 0.1) is 6.92 Å². The molecular formula is C19H20ClN3O3S. The van der Waals surface area contributed by atoms with E-state index in [1.54, 1.807) is 0 Å². The number of amides is 1. The lowest BCUT2D eigenvalue weighted by Crippen LogP contribution is -2.44. The zero-order valence-corrected chi connectivity index (χ0v) is 16.4. The monoisotopic (exact) mass is 405 g/mol. The molecule has 0 saturated carbocycles. The van der Waals surface area contributed by atoms with Crippen LogP contribution in [0.5, 0.6) is 0 Å². The Labute approximate surface area is 163 Å². The second kappa shape index (κ2) is 8.21. The highest BCUT2D eigenvalue weighted by molar-refractivity contribution is 7.89. The van der Waals surface area contributed by atoms with Crippen molar-refractivity contribution in [1.29, 1.82) is 0 Å². The number of carbonyl (C=O) groups is 1. The summed E-state index contributed by atoms with van der Waals surface area (Å²) in [6, 6.07) is 12.8. The van der Waals surface area contributed by atoms with Gasteiger partial charge >= 0.3 is 0 Å². The summed E-state index contributed by atoms with van der Waals surface area (Å²) in [5.41, 5.74) is 4.43. The SMILES string of the molecule is Cc1ccc(/C=N\NC(=O)[C@H]2CCCN2S(=O)(=O)c2ccc(Cl)cc2)cc1. The van der Waals surface area contributed by atoms with E-state index in [0.717, 1.165) is 11.1 Å². The third-order valence-electron chi connectivity index (χ3n) is 4.39. The fraction of sp³-hybridized carbons (Fsp3) is 0.263. The number of aryl methyl sites for hydroxylation is 1. The van der Waals surface area contributed by atoms with Gasteiger partial charge in [-0.2, -0.15) is 9.41 Å². The Balaban J connectivity index is 1.70. The largest absolute Gasteiger partial charge is 0.271 e. The molecule has 0 unspecified atom stereocenters. The predicted octanol–water partition coefficient (Wildman–Crippen LogP) is 2.95. The van der Waals surface area contributed by atoms with Gasteiger partial charge in [-0.05, 0) is 49.6 Å². The number of halogens is 1. The third-order valence-corrected chi connectivity index (χ3v) is 6.57. The van der Waals surface area contributed by atoms with Crippen molar-refractivity contribution in [2.45, 2.75) is 30.7 Å². The Bertz CT molecular complexity index is 941. The summed E-state index contributed by atoms with van der Waals surface area (Å²) in [7, 11) is -3.77. The maximum Gasteiger partial charge on any atom is 0.258 e. The van der Waals surface area contributed by atoms with Gasteiger partial charge in [-0.15, -0.1) is 0 Å². The molecule has 0 spiro atoms. The van der Waals surface area contributed by atoms with Gasteiger partial charge in [0.2, 0.25) is 10.0 Å². The van der Waals surface area contributed by atoms with E-state index in [9.17, 15) is 13.2 Å². The van der Waals surface area contributed by atoms with Crippen molar-refractivity contribution in [1.82, 2.24) is 9.73 Å². The van der Waals surface area contributed by atoms with Crippen LogP contribution in [0.1, 0.15) is 24.0 Å². The molecule has 2 aromatic carbocycles. The van der Waals surface area contributed by atoms with Crippen molar-refractivity contribution < 1.29 is 13.2 Å². The van der Waals surface area contributed by atoms with Crippen LogP contribution in [0.2, 0.25) is 5.02 Å². The Hall–Kier alpha value is -2.22. The molecule has 142 valence electrons. The van der Waals surface area contributed by atoms with E-state index in [-0.39, 0.29) is 4.90 Å². The maximum absolute atomic E-state index is 12.9. The summed E-state index contributed by atoms with van der Waals surface area (Å²) in [5.74, 6) is -0.437. The number of hydrogen-bond acceptors (Lipinski definition) is 4. The van der Waals surface area contributed by atoms with E-state index in [2.05, 4.69) is 10.5 Å². The quantitative estimate of drug-likeness (QED) is 0.613. The van der Waals surface area contributed by atoms with Gasteiger partial charge in [0, 0.05) is 11.6 Å². The van der Waals surface area contributed by atoms with Crippen LogP contribution in [-0.4, -0.2) is 37.4 Å². The van der Waals surface area contributed by atoms with Crippen molar-refractivity contribution >= 4 is 33.7 Å². The minimum absolute atomic E-state index is 0.120. The summed E-state index contributed by atoms with van der Waals surface area (Å²) in [4.78, 5) is 12.6. The molecule has 1 saturated heterocycles. The highest BCUT2D eigenvalue weighted by Gasteiger charge is 2.39. The van der Waals surface area contributed by atoms with E-state index >= 15 is 0 Å². The first-order valence-electron chi connectivity index (χ1n) is 8.55. The molecule has 6 nitrogen and oxygen atoms in total. The minimum atomic E-state index is -3.77. The fourth-order valence-corrected chi connectivity index (χ4v) is 4.71. The number of rotatable bonds is 5. The lowest BCUT2D eigenvalue weighted by Gasteiger charge is -2.22. The van der Waals surface area contributed by atoms with Crippen molar-refractivity contribution in [2.24, 2.45) is 5.10 Å². The number of sulfonamides is 1. The summed E-state index contributed by atoms with van der Waals surface area (Å²) in [5, 5.41) is 4.41. The number of carbonyl (C=O) groups excluding carboxylic acids is 1. The third kappa shape index (κ3) is 4.55. The zero-order valence-electron chi connectivity index (χ0n) is 14.8. The summed E-state index contributed by atoms with van der Waals surface area (Å²) < 4.78 is 26.9. The average Bonchev–Trinajstić information content (AvgIpc) is 3.14. The second-order valence-electron chi connectivity index (χ2n) is 6.37. The molecule has 0 bridgehead atoms. The average molecular weight is 406 g/mol. The Morgan fingerprint density at radius 2 is 1.85 bits per heavy atom. The van der Waals surface area contributed by atoms with Gasteiger partial charge in [0.1, 0.15) is 6.04 Å². The standard InChI is InChI=1S/C19H20ClN3O3S/c1-14-4-6-15(7-5-14)13-21-22-19(24)18-3-2-12-23(18)27(25,26)17-10-8-16(20)9-11-17/h4-11,13,18H,2-3,12H2,1H3,(H,22,24)/b21-13-/t18-/m1/s1. The zero-order chi connectivity index (χ0) is 19.4. The highest BCUT2D eigenvalue weighted by atomic mass is 35.5. The molecule has 0 aliphatic carbocycles. The van der Waals surface area contributed by atoms with Crippen LogP contribution in [0.4, 0.5) is 0 Å². The fourth-order valence-electron chi connectivity index (χ4n) is 2.93. The number of nitrogens with one attached hydrogen (secondary N) is 1. The first-order chi connectivity index (χ1) is 12.9. The molecule has 1 aliphatic rings. The Morgan fingerprint density at radius 1 is 1.19 bits per heavy atom. The van der Waals surface area contributed by atoms with Crippen molar-refractivity contribution in [3.05, 3.63) is 64.7 Å². The summed E-state index contributed by atoms with van der Waals surface area (Å²) >= 11 is 5.83. The van der Waals surface area contributed by atoms with E-state index in [4.69, 9.17) is 11.6 Å². The van der Waals surface area contributed by atoms with Gasteiger partial charge in [-0.1, -0.05) is 41.4 Å². The van der Waals surface area contributed by atoms with Crippen LogP contribution < -0.4 is 5.43 Å². The van der Waals surface area contributed by atoms with E-state index < -0.39 is 22.0 Å². The van der Waals surface area contributed by atoms with Gasteiger partial charge in [0.25, 0.3) is 5.91 Å². The van der Waals surface area contributed by atoms with E-state index in [0.29, 0.717) is 24.4 Å². The van der Waals surface area contributed by atoms with Crippen molar-refractivity contribution in [3.8, 4) is 0 Å². The second-order valence-corrected chi connectivity index (χ2v) is 8.70. The molecule has 8 heteroatoms. The molecule has 1 N–H and O–H groups in total. The number of nitrogens with zero attached hydrogens (tertiary/aromatic N) is 2. The lowest BCUT2D eigenvalue weighted by molar-refractivity contribution is -0.124. The van der Waals surface area contributed by atoms with Crippen molar-refractivity contribution in [2.75, 3.05) is 6.54 Å². The maximum atomic E-state index is 12.9. The molecule has 1 atom stereocenters. The molecule has 27 heavy (non-hydrogen) atoms. The molecule has 0 aromatic heterocycles. The lowest BCUT2D eigenvalue weighted by atomic mass is 10.2. The summed E-state index contributed by atoms with van der Waals surface area (Å²) in [6.45, 7) is 2.28. The normalized spacial score (nSPS) is 18.1. The van der Waals surface area contributed by atoms with Crippen LogP contribution in [0.3, 0.4) is 0 Å². The van der Waals surface area contributed by atoms with Gasteiger partial charge < -0.3 is 0 Å². The first-order valence-corrected chi connectivity index (χ1v) is 10.4. The van der Waals surface area contributed by atoms with Crippen LogP contribution in [-0.2, 0) is 14.8 Å². The highest BCUT2D eigenvalue weighted by Crippen LogP contribution is 2.27. The number of benzene rings is 2. The molecule has 1 fully saturated rings. The number of hydrazone groups is 1. The molecule has 0 radical (unpaired) electrons.